The van der Waals surface area contributed by atoms with E-state index in [0.717, 1.165) is 12.1 Å². The monoisotopic (exact) mass is 508 g/mol. The largest absolute Gasteiger partial charge is 0.417 e. The number of imidazole rings is 1. The first-order valence-corrected chi connectivity index (χ1v) is 10.6. The Bertz CT molecular complexity index is 1400. The van der Waals surface area contributed by atoms with Gasteiger partial charge in [0.25, 0.3) is 0 Å². The van der Waals surface area contributed by atoms with Gasteiger partial charge in [0.05, 0.1) is 16.8 Å². The average molecular weight is 508 g/mol. The highest BCUT2D eigenvalue weighted by Gasteiger charge is 2.35. The molecule has 1 heterocycles. The minimum Gasteiger partial charge on any atom is -0.384 e. The molecule has 0 atom stereocenters. The third-order valence-electron chi connectivity index (χ3n) is 5.56. The second kappa shape index (κ2) is 8.77. The van der Waals surface area contributed by atoms with E-state index >= 15 is 0 Å². The molecule has 188 valence electrons. The SMILES string of the molecule is CC(C)(O)c1cn(-c2ccc(-c3cc(C(F)(F)F)ccc3F)cc2)c(-c2ccccc2C(F)(F)F)n1. The van der Waals surface area contributed by atoms with Crippen LogP contribution in [0.3, 0.4) is 0 Å². The Morgan fingerprint density at radius 1 is 0.778 bits per heavy atom. The van der Waals surface area contributed by atoms with Crippen molar-refractivity contribution in [3.05, 3.63) is 95.6 Å². The quantitative estimate of drug-likeness (QED) is 0.288. The Kier molecular flexibility index (Phi) is 6.20. The van der Waals surface area contributed by atoms with Gasteiger partial charge in [-0.15, -0.1) is 0 Å². The topological polar surface area (TPSA) is 38.0 Å². The second-order valence-electron chi connectivity index (χ2n) is 8.66. The van der Waals surface area contributed by atoms with Gasteiger partial charge in [0, 0.05) is 23.0 Å². The van der Waals surface area contributed by atoms with Gasteiger partial charge in [-0.25, -0.2) is 9.37 Å². The maximum Gasteiger partial charge on any atom is 0.417 e. The van der Waals surface area contributed by atoms with Crippen molar-refractivity contribution in [1.82, 2.24) is 9.55 Å². The molecule has 3 nitrogen and oxygen atoms in total. The molecule has 0 fully saturated rings. The van der Waals surface area contributed by atoms with Crippen LogP contribution in [0, 0.1) is 5.82 Å². The normalized spacial score (nSPS) is 12.7. The molecule has 0 saturated carbocycles. The summed E-state index contributed by atoms with van der Waals surface area (Å²) in [6.07, 6.45) is -7.96. The van der Waals surface area contributed by atoms with Crippen molar-refractivity contribution in [2.24, 2.45) is 0 Å². The van der Waals surface area contributed by atoms with Crippen LogP contribution < -0.4 is 0 Å². The van der Waals surface area contributed by atoms with Crippen LogP contribution in [0.25, 0.3) is 28.2 Å². The van der Waals surface area contributed by atoms with Crippen molar-refractivity contribution >= 4 is 0 Å². The molecular formula is C26H19F7N2O. The smallest absolute Gasteiger partial charge is 0.384 e. The van der Waals surface area contributed by atoms with Gasteiger partial charge in [-0.1, -0.05) is 30.3 Å². The number of hydrogen-bond donors (Lipinski definition) is 1. The zero-order chi connectivity index (χ0) is 26.5. The molecule has 0 aliphatic carbocycles. The number of rotatable bonds is 4. The maximum absolute atomic E-state index is 14.3. The zero-order valence-corrected chi connectivity index (χ0v) is 18.9. The fourth-order valence-electron chi connectivity index (χ4n) is 3.71. The fraction of sp³-hybridized carbons (Fsp3) is 0.192. The molecule has 1 aromatic heterocycles. The molecule has 4 aromatic rings. The lowest BCUT2D eigenvalue weighted by Gasteiger charge is -2.14. The van der Waals surface area contributed by atoms with Gasteiger partial charge in [0.15, 0.2) is 0 Å². The van der Waals surface area contributed by atoms with E-state index < -0.39 is 34.9 Å². The van der Waals surface area contributed by atoms with Crippen LogP contribution in [-0.2, 0) is 18.0 Å². The molecule has 0 aliphatic rings. The third kappa shape index (κ3) is 4.99. The summed E-state index contributed by atoms with van der Waals surface area (Å²) < 4.78 is 96.0. The Morgan fingerprint density at radius 2 is 1.42 bits per heavy atom. The van der Waals surface area contributed by atoms with Crippen LogP contribution in [0.15, 0.2) is 72.9 Å². The van der Waals surface area contributed by atoms with Gasteiger partial charge in [0.2, 0.25) is 0 Å². The van der Waals surface area contributed by atoms with Crippen molar-refractivity contribution in [3.63, 3.8) is 0 Å². The Hall–Kier alpha value is -3.66. The number of alkyl halides is 6. The highest BCUT2D eigenvalue weighted by Crippen LogP contribution is 2.39. The summed E-state index contributed by atoms with van der Waals surface area (Å²) in [4.78, 5) is 4.26. The fourth-order valence-corrected chi connectivity index (χ4v) is 3.71. The maximum atomic E-state index is 14.3. The van der Waals surface area contributed by atoms with Crippen molar-refractivity contribution < 1.29 is 35.8 Å². The van der Waals surface area contributed by atoms with E-state index in [1.807, 2.05) is 0 Å². The van der Waals surface area contributed by atoms with Gasteiger partial charge in [0.1, 0.15) is 17.2 Å². The highest BCUT2D eigenvalue weighted by atomic mass is 19.4. The van der Waals surface area contributed by atoms with Crippen molar-refractivity contribution in [2.75, 3.05) is 0 Å². The predicted octanol–water partition coefficient (Wildman–Crippen LogP) is 7.61. The Morgan fingerprint density at radius 3 is 2.00 bits per heavy atom. The molecule has 0 spiro atoms. The van der Waals surface area contributed by atoms with Crippen LogP contribution in [0.5, 0.6) is 0 Å². The number of halogens is 7. The molecule has 4 rings (SSSR count). The lowest BCUT2D eigenvalue weighted by atomic mass is 10.0. The van der Waals surface area contributed by atoms with E-state index in [-0.39, 0.29) is 28.2 Å². The van der Waals surface area contributed by atoms with Crippen LogP contribution in [-0.4, -0.2) is 14.7 Å². The van der Waals surface area contributed by atoms with E-state index in [1.54, 1.807) is 0 Å². The summed E-state index contributed by atoms with van der Waals surface area (Å²) in [6, 6.07) is 12.5. The number of aliphatic hydroxyl groups is 1. The first-order valence-electron chi connectivity index (χ1n) is 10.6. The summed E-state index contributed by atoms with van der Waals surface area (Å²) >= 11 is 0. The molecule has 0 unspecified atom stereocenters. The van der Waals surface area contributed by atoms with Crippen LogP contribution in [0.2, 0.25) is 0 Å². The van der Waals surface area contributed by atoms with E-state index in [1.165, 1.54) is 67.1 Å². The van der Waals surface area contributed by atoms with Crippen molar-refractivity contribution in [3.8, 4) is 28.2 Å². The van der Waals surface area contributed by atoms with E-state index in [0.29, 0.717) is 17.8 Å². The Balaban J connectivity index is 1.85. The molecule has 0 bridgehead atoms. The zero-order valence-electron chi connectivity index (χ0n) is 18.9. The Labute approximate surface area is 201 Å². The lowest BCUT2D eigenvalue weighted by molar-refractivity contribution is -0.138. The standard InChI is InChI=1S/C26H19F7N2O/c1-24(2,36)22-14-35(23(34-22)18-5-3-4-6-20(18)26(31,32)33)17-10-7-15(8-11-17)19-13-16(25(28,29)30)9-12-21(19)27/h3-14,36H,1-2H3. The van der Waals surface area contributed by atoms with Gasteiger partial charge in [-0.2, -0.15) is 26.3 Å². The van der Waals surface area contributed by atoms with E-state index in [2.05, 4.69) is 4.98 Å². The van der Waals surface area contributed by atoms with Gasteiger partial charge >= 0.3 is 12.4 Å². The molecule has 10 heteroatoms. The van der Waals surface area contributed by atoms with Crippen molar-refractivity contribution in [2.45, 2.75) is 31.8 Å². The first kappa shape index (κ1) is 25.4. The van der Waals surface area contributed by atoms with E-state index in [4.69, 9.17) is 0 Å². The summed E-state index contributed by atoms with van der Waals surface area (Å²) in [5.74, 6) is -0.958. The first-order chi connectivity index (χ1) is 16.7. The molecule has 3 aromatic carbocycles. The third-order valence-corrected chi connectivity index (χ3v) is 5.56. The summed E-state index contributed by atoms with van der Waals surface area (Å²) in [5.41, 5.74) is -3.38. The van der Waals surface area contributed by atoms with Crippen molar-refractivity contribution in [1.29, 1.82) is 0 Å². The minimum absolute atomic E-state index is 0.0990. The molecule has 0 amide bonds. The molecule has 1 N–H and O–H groups in total. The molecule has 0 saturated heterocycles. The molecule has 0 aliphatic heterocycles. The minimum atomic E-state index is -4.67. The predicted molar refractivity (Wildman–Crippen MR) is 120 cm³/mol. The lowest BCUT2D eigenvalue weighted by Crippen LogP contribution is -2.15. The highest BCUT2D eigenvalue weighted by molar-refractivity contribution is 5.68. The van der Waals surface area contributed by atoms with Gasteiger partial charge < -0.3 is 5.11 Å². The van der Waals surface area contributed by atoms with E-state index in [9.17, 15) is 35.8 Å². The van der Waals surface area contributed by atoms with Gasteiger partial charge in [-0.3, -0.25) is 4.57 Å². The number of aromatic nitrogens is 2. The number of nitrogens with zero attached hydrogens (tertiary/aromatic N) is 2. The van der Waals surface area contributed by atoms with Gasteiger partial charge in [-0.05, 0) is 55.8 Å². The summed E-state index contributed by atoms with van der Waals surface area (Å²) in [7, 11) is 0. The average Bonchev–Trinajstić information content (AvgIpc) is 3.24. The second-order valence-corrected chi connectivity index (χ2v) is 8.66. The number of hydrogen-bond acceptors (Lipinski definition) is 2. The summed E-state index contributed by atoms with van der Waals surface area (Å²) in [6.45, 7) is 2.86. The molecular weight excluding hydrogens is 489 g/mol. The van der Waals surface area contributed by atoms with Crippen LogP contribution in [0.4, 0.5) is 30.7 Å². The molecule has 36 heavy (non-hydrogen) atoms. The van der Waals surface area contributed by atoms with Crippen LogP contribution >= 0.6 is 0 Å². The summed E-state index contributed by atoms with van der Waals surface area (Å²) in [5, 5.41) is 10.4. The number of benzene rings is 3. The molecule has 0 radical (unpaired) electrons. The van der Waals surface area contributed by atoms with Crippen LogP contribution in [0.1, 0.15) is 30.7 Å².